The van der Waals surface area contributed by atoms with Crippen molar-refractivity contribution in [3.8, 4) is 22.6 Å². The van der Waals surface area contributed by atoms with Crippen LogP contribution in [0.5, 0.6) is 0 Å². The van der Waals surface area contributed by atoms with Crippen molar-refractivity contribution >= 4 is 23.4 Å². The summed E-state index contributed by atoms with van der Waals surface area (Å²) >= 11 is 7.66. The van der Waals surface area contributed by atoms with Gasteiger partial charge in [-0.15, -0.1) is 11.8 Å². The summed E-state index contributed by atoms with van der Waals surface area (Å²) in [4.78, 5) is 13.6. The second kappa shape index (κ2) is 5.13. The summed E-state index contributed by atoms with van der Waals surface area (Å²) in [7, 11) is 0. The first-order valence-corrected chi connectivity index (χ1v) is 7.88. The lowest BCUT2D eigenvalue weighted by molar-refractivity contribution is 1.07. The molecule has 0 unspecified atom stereocenters. The molecule has 3 nitrogen and oxygen atoms in total. The molecule has 0 fully saturated rings. The van der Waals surface area contributed by atoms with Crippen LogP contribution >= 0.6 is 23.4 Å². The Kier molecular flexibility index (Phi) is 3.13. The van der Waals surface area contributed by atoms with E-state index in [0.29, 0.717) is 10.8 Å². The molecule has 0 spiro atoms. The highest BCUT2D eigenvalue weighted by Crippen LogP contribution is 2.39. The van der Waals surface area contributed by atoms with Crippen LogP contribution in [0, 0.1) is 0 Å². The van der Waals surface area contributed by atoms with Crippen molar-refractivity contribution in [1.29, 1.82) is 0 Å². The minimum atomic E-state index is 0.711. The highest BCUT2D eigenvalue weighted by molar-refractivity contribution is 7.98. The van der Waals surface area contributed by atoms with Gasteiger partial charge in [0.15, 0.2) is 5.82 Å². The molecular weight excluding hydrogens is 302 g/mol. The molecule has 0 bridgehead atoms. The lowest BCUT2D eigenvalue weighted by Gasteiger charge is -2.17. The molecule has 21 heavy (non-hydrogen) atoms. The topological polar surface area (TPSA) is 38.7 Å². The fraction of sp³-hybridized carbons (Fsp3) is 0.0625. The molecule has 1 aromatic carbocycles. The summed E-state index contributed by atoms with van der Waals surface area (Å²) in [6.45, 7) is 0. The van der Waals surface area contributed by atoms with Crippen LogP contribution in [0.2, 0.25) is 5.02 Å². The number of benzene rings is 1. The molecule has 0 saturated heterocycles. The minimum absolute atomic E-state index is 0.711. The van der Waals surface area contributed by atoms with Gasteiger partial charge in [0.1, 0.15) is 5.03 Å². The number of pyridine rings is 1. The smallest absolute Gasteiger partial charge is 0.159 e. The van der Waals surface area contributed by atoms with E-state index in [0.717, 1.165) is 33.2 Å². The predicted molar refractivity (Wildman–Crippen MR) is 85.3 cm³/mol. The standard InChI is InChI=1S/C16H10ClN3S/c17-12-5-3-10(4-6-12)15-19-8-11-9-21-16-13(14(11)20-15)2-1-7-18-16/h1-8H,9H2. The van der Waals surface area contributed by atoms with Crippen molar-refractivity contribution in [3.63, 3.8) is 0 Å². The Balaban J connectivity index is 1.86. The van der Waals surface area contributed by atoms with Crippen LogP contribution in [0.4, 0.5) is 0 Å². The first-order valence-electron chi connectivity index (χ1n) is 6.51. The normalized spacial score (nSPS) is 12.6. The fourth-order valence-corrected chi connectivity index (χ4v) is 3.40. The van der Waals surface area contributed by atoms with Crippen LogP contribution in [-0.2, 0) is 5.75 Å². The van der Waals surface area contributed by atoms with E-state index in [1.165, 1.54) is 0 Å². The first kappa shape index (κ1) is 12.8. The van der Waals surface area contributed by atoms with Gasteiger partial charge in [0.05, 0.1) is 5.69 Å². The van der Waals surface area contributed by atoms with Crippen molar-refractivity contribution in [1.82, 2.24) is 15.0 Å². The van der Waals surface area contributed by atoms with Crippen LogP contribution in [0.3, 0.4) is 0 Å². The van der Waals surface area contributed by atoms with Crippen LogP contribution in [0.15, 0.2) is 53.8 Å². The highest BCUT2D eigenvalue weighted by Gasteiger charge is 2.19. The average molecular weight is 312 g/mol. The van der Waals surface area contributed by atoms with E-state index in [9.17, 15) is 0 Å². The molecule has 102 valence electrons. The second-order valence-corrected chi connectivity index (χ2v) is 6.12. The molecule has 5 heteroatoms. The molecule has 0 atom stereocenters. The van der Waals surface area contributed by atoms with Crippen molar-refractivity contribution in [3.05, 3.63) is 59.4 Å². The molecule has 0 aliphatic carbocycles. The van der Waals surface area contributed by atoms with E-state index >= 15 is 0 Å². The lowest BCUT2D eigenvalue weighted by Crippen LogP contribution is -2.03. The quantitative estimate of drug-likeness (QED) is 0.665. The Morgan fingerprint density at radius 1 is 1.05 bits per heavy atom. The largest absolute Gasteiger partial charge is 0.249 e. The van der Waals surface area contributed by atoms with Gasteiger partial charge in [-0.05, 0) is 36.4 Å². The van der Waals surface area contributed by atoms with Gasteiger partial charge < -0.3 is 0 Å². The summed E-state index contributed by atoms with van der Waals surface area (Å²) in [6.07, 6.45) is 3.73. The maximum absolute atomic E-state index is 5.93. The number of aromatic nitrogens is 3. The molecule has 0 radical (unpaired) electrons. The van der Waals surface area contributed by atoms with Gasteiger partial charge in [-0.2, -0.15) is 0 Å². The molecule has 3 heterocycles. The van der Waals surface area contributed by atoms with Crippen molar-refractivity contribution in [2.75, 3.05) is 0 Å². The van der Waals surface area contributed by atoms with Crippen molar-refractivity contribution in [2.24, 2.45) is 0 Å². The van der Waals surface area contributed by atoms with Gasteiger partial charge in [-0.25, -0.2) is 15.0 Å². The molecular formula is C16H10ClN3S. The van der Waals surface area contributed by atoms with E-state index < -0.39 is 0 Å². The molecule has 1 aliphatic heterocycles. The summed E-state index contributed by atoms with van der Waals surface area (Å²) in [5.41, 5.74) is 4.18. The van der Waals surface area contributed by atoms with Gasteiger partial charge in [-0.3, -0.25) is 0 Å². The fourth-order valence-electron chi connectivity index (χ4n) is 2.32. The van der Waals surface area contributed by atoms with Gasteiger partial charge >= 0.3 is 0 Å². The SMILES string of the molecule is Clc1ccc(-c2ncc3c(n2)-c2cccnc2SC3)cc1. The average Bonchev–Trinajstić information content (AvgIpc) is 2.55. The Hall–Kier alpha value is -1.91. The van der Waals surface area contributed by atoms with Crippen LogP contribution in [0.1, 0.15) is 5.56 Å². The predicted octanol–water partition coefficient (Wildman–Crippen LogP) is 4.46. The van der Waals surface area contributed by atoms with E-state index in [2.05, 4.69) is 16.0 Å². The molecule has 0 amide bonds. The second-order valence-electron chi connectivity index (χ2n) is 4.72. The zero-order valence-electron chi connectivity index (χ0n) is 11.0. The van der Waals surface area contributed by atoms with Gasteiger partial charge in [0.25, 0.3) is 0 Å². The third-order valence-corrected chi connectivity index (χ3v) is 4.66. The van der Waals surface area contributed by atoms with Crippen LogP contribution < -0.4 is 0 Å². The maximum atomic E-state index is 5.93. The van der Waals surface area contributed by atoms with E-state index in [4.69, 9.17) is 16.6 Å². The number of thioether (sulfide) groups is 1. The number of fused-ring (bicyclic) bond motifs is 3. The first-order chi connectivity index (χ1) is 10.3. The summed E-state index contributed by atoms with van der Waals surface area (Å²) in [5, 5.41) is 1.74. The number of halogens is 1. The summed E-state index contributed by atoms with van der Waals surface area (Å²) in [6, 6.07) is 11.6. The zero-order chi connectivity index (χ0) is 14.2. The zero-order valence-corrected chi connectivity index (χ0v) is 12.5. The third kappa shape index (κ3) is 2.30. The summed E-state index contributed by atoms with van der Waals surface area (Å²) in [5.74, 6) is 1.58. The number of rotatable bonds is 1. The number of hydrogen-bond acceptors (Lipinski definition) is 4. The van der Waals surface area contributed by atoms with E-state index in [-0.39, 0.29) is 0 Å². The van der Waals surface area contributed by atoms with Crippen molar-refractivity contribution < 1.29 is 0 Å². The van der Waals surface area contributed by atoms with Gasteiger partial charge in [0.2, 0.25) is 0 Å². The Morgan fingerprint density at radius 3 is 2.76 bits per heavy atom. The molecule has 2 aromatic heterocycles. The lowest BCUT2D eigenvalue weighted by atomic mass is 10.1. The Bertz CT molecular complexity index is 818. The third-order valence-electron chi connectivity index (χ3n) is 3.36. The highest BCUT2D eigenvalue weighted by atomic mass is 35.5. The Labute approximate surface area is 131 Å². The van der Waals surface area contributed by atoms with Crippen molar-refractivity contribution in [2.45, 2.75) is 10.8 Å². The molecule has 1 aliphatic rings. The maximum Gasteiger partial charge on any atom is 0.159 e. The van der Waals surface area contributed by atoms with E-state index in [1.54, 1.807) is 11.8 Å². The minimum Gasteiger partial charge on any atom is -0.249 e. The van der Waals surface area contributed by atoms with E-state index in [1.807, 2.05) is 42.7 Å². The molecule has 0 saturated carbocycles. The Morgan fingerprint density at radius 2 is 1.90 bits per heavy atom. The van der Waals surface area contributed by atoms with Gasteiger partial charge in [-0.1, -0.05) is 11.6 Å². The summed E-state index contributed by atoms with van der Waals surface area (Å²) < 4.78 is 0. The molecule has 4 rings (SSSR count). The van der Waals surface area contributed by atoms with Gasteiger partial charge in [0, 0.05) is 39.9 Å². The van der Waals surface area contributed by atoms with Crippen LogP contribution in [0.25, 0.3) is 22.6 Å². The van der Waals surface area contributed by atoms with Crippen LogP contribution in [-0.4, -0.2) is 15.0 Å². The number of nitrogens with zero attached hydrogens (tertiary/aromatic N) is 3. The monoisotopic (exact) mass is 311 g/mol. The molecule has 3 aromatic rings. The number of hydrogen-bond donors (Lipinski definition) is 0. The molecule has 0 N–H and O–H groups in total.